The predicted molar refractivity (Wildman–Crippen MR) is 76.7 cm³/mol. The van der Waals surface area contributed by atoms with Crippen molar-refractivity contribution in [3.05, 3.63) is 48.5 Å². The summed E-state index contributed by atoms with van der Waals surface area (Å²) in [5.74, 6) is 0.877. The zero-order valence-electron chi connectivity index (χ0n) is 9.79. The van der Waals surface area contributed by atoms with Gasteiger partial charge in [0.1, 0.15) is 5.75 Å². The van der Waals surface area contributed by atoms with Gasteiger partial charge in [0, 0.05) is 4.90 Å². The minimum absolute atomic E-state index is 0.877. The van der Waals surface area contributed by atoms with E-state index >= 15 is 0 Å². The molecule has 90 valence electrons. The Hall–Kier alpha value is -1.52. The molecule has 0 aliphatic heterocycles. The van der Waals surface area contributed by atoms with Crippen LogP contribution in [0.2, 0.25) is 0 Å². The Morgan fingerprint density at radius 1 is 1.11 bits per heavy atom. The molecule has 2 aromatic carbocycles. The van der Waals surface area contributed by atoms with Gasteiger partial charge in [0.2, 0.25) is 0 Å². The van der Waals surface area contributed by atoms with Gasteiger partial charge in [0.05, 0.1) is 17.3 Å². The molecule has 0 radical (unpaired) electrons. The molecule has 3 rings (SSSR count). The van der Waals surface area contributed by atoms with Gasteiger partial charge in [-0.1, -0.05) is 30.0 Å². The highest BCUT2D eigenvalue weighted by Crippen LogP contribution is 2.35. The molecule has 0 spiro atoms. The van der Waals surface area contributed by atoms with Crippen molar-refractivity contribution in [2.75, 3.05) is 7.11 Å². The smallest absolute Gasteiger partial charge is 0.155 e. The van der Waals surface area contributed by atoms with Crippen LogP contribution in [0.25, 0.3) is 10.2 Å². The number of aromatic nitrogens is 1. The summed E-state index contributed by atoms with van der Waals surface area (Å²) in [6.07, 6.45) is 0. The van der Waals surface area contributed by atoms with E-state index < -0.39 is 0 Å². The number of nitrogens with zero attached hydrogens (tertiary/aromatic N) is 1. The fourth-order valence-corrected chi connectivity index (χ4v) is 3.73. The maximum Gasteiger partial charge on any atom is 0.155 e. The fourth-order valence-electron chi connectivity index (χ4n) is 1.64. The van der Waals surface area contributed by atoms with Gasteiger partial charge in [0.15, 0.2) is 4.34 Å². The van der Waals surface area contributed by atoms with Gasteiger partial charge in [-0.3, -0.25) is 0 Å². The maximum atomic E-state index is 5.22. The van der Waals surface area contributed by atoms with E-state index in [1.54, 1.807) is 30.2 Å². The molecule has 0 aliphatic rings. The van der Waals surface area contributed by atoms with Crippen molar-refractivity contribution >= 4 is 33.3 Å². The van der Waals surface area contributed by atoms with Crippen molar-refractivity contribution in [3.8, 4) is 5.75 Å². The van der Waals surface area contributed by atoms with Crippen molar-refractivity contribution in [2.24, 2.45) is 0 Å². The molecule has 3 aromatic rings. The summed E-state index contributed by atoms with van der Waals surface area (Å²) in [6.45, 7) is 0. The summed E-state index contributed by atoms with van der Waals surface area (Å²) >= 11 is 3.39. The van der Waals surface area contributed by atoms with Crippen LogP contribution in [-0.2, 0) is 0 Å². The summed E-state index contributed by atoms with van der Waals surface area (Å²) in [5, 5.41) is 0. The number of methoxy groups -OCH3 is 1. The molecular weight excluding hydrogens is 262 g/mol. The van der Waals surface area contributed by atoms with Crippen LogP contribution in [0.3, 0.4) is 0 Å². The first-order valence-electron chi connectivity index (χ1n) is 5.52. The van der Waals surface area contributed by atoms with Gasteiger partial charge >= 0.3 is 0 Å². The van der Waals surface area contributed by atoms with E-state index in [0.717, 1.165) is 20.3 Å². The molecule has 0 amide bonds. The number of fused-ring (bicyclic) bond motifs is 1. The minimum atomic E-state index is 0.877. The van der Waals surface area contributed by atoms with Crippen LogP contribution in [0.5, 0.6) is 5.75 Å². The third-order valence-corrected chi connectivity index (χ3v) is 4.61. The summed E-state index contributed by atoms with van der Waals surface area (Å²) < 4.78 is 7.44. The van der Waals surface area contributed by atoms with Gasteiger partial charge in [-0.15, -0.1) is 11.3 Å². The first-order chi connectivity index (χ1) is 8.85. The van der Waals surface area contributed by atoms with Crippen LogP contribution in [0.1, 0.15) is 0 Å². The minimum Gasteiger partial charge on any atom is -0.497 e. The molecule has 0 saturated carbocycles. The Morgan fingerprint density at radius 2 is 1.94 bits per heavy atom. The van der Waals surface area contributed by atoms with Crippen LogP contribution in [0, 0.1) is 0 Å². The molecule has 0 N–H and O–H groups in total. The fraction of sp³-hybridized carbons (Fsp3) is 0.0714. The molecule has 4 heteroatoms. The average Bonchev–Trinajstić information content (AvgIpc) is 2.80. The zero-order chi connectivity index (χ0) is 12.4. The van der Waals surface area contributed by atoms with Crippen LogP contribution < -0.4 is 4.74 Å². The molecule has 1 heterocycles. The third-order valence-electron chi connectivity index (χ3n) is 2.52. The van der Waals surface area contributed by atoms with Crippen molar-refractivity contribution in [3.63, 3.8) is 0 Å². The molecule has 0 saturated heterocycles. The number of benzene rings is 2. The molecule has 1 aromatic heterocycles. The van der Waals surface area contributed by atoms with Crippen LogP contribution in [0.15, 0.2) is 57.8 Å². The number of ether oxygens (including phenoxy) is 1. The number of thiazole rings is 1. The molecule has 0 atom stereocenters. The molecule has 2 nitrogen and oxygen atoms in total. The quantitative estimate of drug-likeness (QED) is 0.703. The molecule has 0 aliphatic carbocycles. The molecule has 18 heavy (non-hydrogen) atoms. The Balaban J connectivity index is 1.94. The lowest BCUT2D eigenvalue weighted by atomic mass is 10.3. The van der Waals surface area contributed by atoms with Crippen molar-refractivity contribution in [1.29, 1.82) is 0 Å². The highest BCUT2D eigenvalue weighted by molar-refractivity contribution is 8.01. The van der Waals surface area contributed by atoms with Gasteiger partial charge in [-0.2, -0.15) is 0 Å². The van der Waals surface area contributed by atoms with Crippen LogP contribution in [0.4, 0.5) is 0 Å². The van der Waals surface area contributed by atoms with Crippen molar-refractivity contribution < 1.29 is 4.74 Å². The third kappa shape index (κ3) is 2.35. The molecule has 0 unspecified atom stereocenters. The lowest BCUT2D eigenvalue weighted by molar-refractivity contribution is 0.415. The second-order valence-corrected chi connectivity index (χ2v) is 6.08. The van der Waals surface area contributed by atoms with E-state index in [2.05, 4.69) is 17.1 Å². The van der Waals surface area contributed by atoms with E-state index in [4.69, 9.17) is 4.74 Å². The van der Waals surface area contributed by atoms with E-state index in [-0.39, 0.29) is 0 Å². The monoisotopic (exact) mass is 273 g/mol. The first kappa shape index (κ1) is 11.6. The predicted octanol–water partition coefficient (Wildman–Crippen LogP) is 4.46. The van der Waals surface area contributed by atoms with Crippen LogP contribution >= 0.6 is 23.1 Å². The Kier molecular flexibility index (Phi) is 3.21. The normalized spacial score (nSPS) is 10.7. The van der Waals surface area contributed by atoms with Gasteiger partial charge in [0.25, 0.3) is 0 Å². The summed E-state index contributed by atoms with van der Waals surface area (Å²) in [7, 11) is 1.68. The maximum absolute atomic E-state index is 5.22. The highest BCUT2D eigenvalue weighted by Gasteiger charge is 2.06. The topological polar surface area (TPSA) is 22.1 Å². The molecule has 0 fully saturated rings. The number of hydrogen-bond acceptors (Lipinski definition) is 4. The lowest BCUT2D eigenvalue weighted by Crippen LogP contribution is -1.80. The van der Waals surface area contributed by atoms with Crippen molar-refractivity contribution in [1.82, 2.24) is 4.98 Å². The average molecular weight is 273 g/mol. The van der Waals surface area contributed by atoms with Gasteiger partial charge in [-0.25, -0.2) is 4.98 Å². The first-order valence-corrected chi connectivity index (χ1v) is 7.16. The second-order valence-electron chi connectivity index (χ2n) is 3.73. The Morgan fingerprint density at radius 3 is 2.72 bits per heavy atom. The van der Waals surface area contributed by atoms with Gasteiger partial charge in [-0.05, 0) is 30.3 Å². The van der Waals surface area contributed by atoms with E-state index in [1.165, 1.54) is 4.90 Å². The van der Waals surface area contributed by atoms with Crippen LogP contribution in [-0.4, -0.2) is 12.1 Å². The number of hydrogen-bond donors (Lipinski definition) is 0. The van der Waals surface area contributed by atoms with E-state index in [1.807, 2.05) is 36.4 Å². The highest BCUT2D eigenvalue weighted by atomic mass is 32.2. The van der Waals surface area contributed by atoms with Crippen molar-refractivity contribution in [2.45, 2.75) is 9.24 Å². The van der Waals surface area contributed by atoms with Gasteiger partial charge < -0.3 is 4.74 Å². The summed E-state index contributed by atoms with van der Waals surface area (Å²) in [6, 6.07) is 16.3. The lowest BCUT2D eigenvalue weighted by Gasteiger charge is -1.96. The zero-order valence-corrected chi connectivity index (χ0v) is 11.4. The largest absolute Gasteiger partial charge is 0.497 e. The summed E-state index contributed by atoms with van der Waals surface area (Å²) in [4.78, 5) is 5.82. The summed E-state index contributed by atoms with van der Waals surface area (Å²) in [5.41, 5.74) is 1.03. The standard InChI is InChI=1S/C14H11NOS2/c1-16-10-7-8-12-13(9-10)18-14(15-12)17-11-5-3-2-4-6-11/h2-9H,1H3. The SMILES string of the molecule is COc1ccc2nc(Sc3ccccc3)sc2c1. The molecule has 0 bridgehead atoms. The Labute approximate surface area is 114 Å². The Bertz CT molecular complexity index is 664. The van der Waals surface area contributed by atoms with E-state index in [9.17, 15) is 0 Å². The molecular formula is C14H11NOS2. The van der Waals surface area contributed by atoms with E-state index in [0.29, 0.717) is 0 Å². The second kappa shape index (κ2) is 5.00. The number of rotatable bonds is 3.